The fraction of sp³-hybridized carbons (Fsp3) is 0.750. The Morgan fingerprint density at radius 2 is 1.81 bits per heavy atom. The van der Waals surface area contributed by atoms with Crippen LogP contribution in [-0.2, 0) is 4.79 Å². The van der Waals surface area contributed by atoms with Gasteiger partial charge in [-0.15, -0.1) is 0 Å². The van der Waals surface area contributed by atoms with Gasteiger partial charge in [-0.1, -0.05) is 32.9 Å². The number of aliphatic hydroxyl groups is 1. The van der Waals surface area contributed by atoms with Gasteiger partial charge in [0, 0.05) is 0 Å². The van der Waals surface area contributed by atoms with Crippen LogP contribution in [-0.4, -0.2) is 44.5 Å². The topological polar surface area (TPSA) is 164 Å². The van der Waals surface area contributed by atoms with Crippen LogP contribution in [0.4, 0.5) is 4.79 Å². The van der Waals surface area contributed by atoms with Crippen LogP contribution < -0.4 is 16.4 Å². The van der Waals surface area contributed by atoms with Crippen LogP contribution in [0.5, 0.6) is 0 Å². The molecule has 0 saturated carbocycles. The van der Waals surface area contributed by atoms with Crippen molar-refractivity contribution in [2.45, 2.75) is 65.3 Å². The smallest absolute Gasteiger partial charge is 0.328 e. The number of nitrogens with two attached hydrogens (primary N) is 1. The number of urea groups is 1. The highest BCUT2D eigenvalue weighted by molar-refractivity contribution is 5.83. The molecule has 0 saturated heterocycles. The minimum Gasteiger partial charge on any atom is -0.480 e. The van der Waals surface area contributed by atoms with Crippen LogP contribution in [0.15, 0.2) is 4.52 Å². The molecule has 1 aromatic heterocycles. The second-order valence-corrected chi connectivity index (χ2v) is 7.12. The second-order valence-electron chi connectivity index (χ2n) is 7.12. The lowest BCUT2D eigenvalue weighted by molar-refractivity contribution is -0.141. The molecule has 0 aliphatic heterocycles. The van der Waals surface area contributed by atoms with Gasteiger partial charge in [0.25, 0.3) is 0 Å². The molecule has 1 heterocycles. The number of carbonyl (C=O) groups is 2. The molecule has 0 aliphatic rings. The Morgan fingerprint density at radius 3 is 2.27 bits per heavy atom. The van der Waals surface area contributed by atoms with E-state index in [1.165, 1.54) is 6.92 Å². The zero-order valence-corrected chi connectivity index (χ0v) is 15.8. The number of nitrogens with one attached hydrogen (secondary N) is 2. The monoisotopic (exact) mass is 371 g/mol. The van der Waals surface area contributed by atoms with Gasteiger partial charge in [-0.2, -0.15) is 4.98 Å². The van der Waals surface area contributed by atoms with Crippen molar-refractivity contribution >= 4 is 12.0 Å². The standard InChI is InChI=1S/C16H29N5O5/c1-7(2)6-10(17)13-20-14(26-21-13)11(8(3)4)18-16(25)19-12(9(5)22)15(23)24/h7-12,22H,6,17H2,1-5H3,(H,23,24)(H2,18,19,25)/t9?,10-,11-,12-/m0/s1. The number of carboxylic acid groups (broad SMARTS) is 1. The molecule has 0 fully saturated rings. The van der Waals surface area contributed by atoms with Gasteiger partial charge in [0.2, 0.25) is 5.89 Å². The number of carboxylic acids is 1. The van der Waals surface area contributed by atoms with Gasteiger partial charge in [-0.05, 0) is 25.2 Å². The van der Waals surface area contributed by atoms with Crippen molar-refractivity contribution in [3.63, 3.8) is 0 Å². The first-order chi connectivity index (χ1) is 12.0. The molecule has 2 amide bonds. The zero-order chi connectivity index (χ0) is 20.0. The first-order valence-corrected chi connectivity index (χ1v) is 8.59. The average molecular weight is 371 g/mol. The molecule has 0 spiro atoms. The molecular weight excluding hydrogens is 342 g/mol. The summed E-state index contributed by atoms with van der Waals surface area (Å²) in [6.45, 7) is 9.02. The van der Waals surface area contributed by atoms with E-state index < -0.39 is 30.2 Å². The number of aromatic nitrogens is 2. The molecule has 10 heteroatoms. The first kappa shape index (κ1) is 21.8. The van der Waals surface area contributed by atoms with Gasteiger partial charge < -0.3 is 31.1 Å². The summed E-state index contributed by atoms with van der Waals surface area (Å²) in [5.41, 5.74) is 6.04. The molecule has 148 valence electrons. The lowest BCUT2D eigenvalue weighted by Gasteiger charge is -2.22. The largest absolute Gasteiger partial charge is 0.480 e. The molecule has 0 aromatic carbocycles. The highest BCUT2D eigenvalue weighted by atomic mass is 16.5. The van der Waals surface area contributed by atoms with Crippen molar-refractivity contribution in [3.8, 4) is 0 Å². The Hall–Kier alpha value is -2.20. The number of carbonyl (C=O) groups excluding carboxylic acids is 1. The SMILES string of the molecule is CC(C)C[C@H](N)c1noc([C@@H](NC(=O)N[C@H](C(=O)O)C(C)O)C(C)C)n1. The fourth-order valence-electron chi connectivity index (χ4n) is 2.36. The van der Waals surface area contributed by atoms with Crippen molar-refractivity contribution in [1.82, 2.24) is 20.8 Å². The average Bonchev–Trinajstić information content (AvgIpc) is 2.98. The molecule has 1 rings (SSSR count). The van der Waals surface area contributed by atoms with Crippen LogP contribution in [0, 0.1) is 11.8 Å². The Morgan fingerprint density at radius 1 is 1.19 bits per heavy atom. The summed E-state index contributed by atoms with van der Waals surface area (Å²) in [7, 11) is 0. The molecule has 1 unspecified atom stereocenters. The summed E-state index contributed by atoms with van der Waals surface area (Å²) in [6.07, 6.45) is -0.562. The molecule has 0 radical (unpaired) electrons. The molecule has 0 bridgehead atoms. The van der Waals surface area contributed by atoms with E-state index in [2.05, 4.69) is 20.8 Å². The van der Waals surface area contributed by atoms with Gasteiger partial charge in [-0.3, -0.25) is 0 Å². The third-order valence-electron chi connectivity index (χ3n) is 3.77. The highest BCUT2D eigenvalue weighted by Gasteiger charge is 2.29. The molecule has 26 heavy (non-hydrogen) atoms. The van der Waals surface area contributed by atoms with E-state index in [0.717, 1.165) is 0 Å². The summed E-state index contributed by atoms with van der Waals surface area (Å²) in [5, 5.41) is 27.2. The summed E-state index contributed by atoms with van der Waals surface area (Å²) >= 11 is 0. The van der Waals surface area contributed by atoms with E-state index in [4.69, 9.17) is 15.4 Å². The van der Waals surface area contributed by atoms with E-state index in [-0.39, 0.29) is 17.9 Å². The van der Waals surface area contributed by atoms with Gasteiger partial charge >= 0.3 is 12.0 Å². The normalized spacial score (nSPS) is 16.2. The van der Waals surface area contributed by atoms with Crippen LogP contribution >= 0.6 is 0 Å². The van der Waals surface area contributed by atoms with Crippen molar-refractivity contribution in [2.24, 2.45) is 17.6 Å². The van der Waals surface area contributed by atoms with Crippen molar-refractivity contribution in [1.29, 1.82) is 0 Å². The highest BCUT2D eigenvalue weighted by Crippen LogP contribution is 2.23. The van der Waals surface area contributed by atoms with Crippen LogP contribution in [0.1, 0.15) is 64.8 Å². The van der Waals surface area contributed by atoms with E-state index in [1.54, 1.807) is 0 Å². The summed E-state index contributed by atoms with van der Waals surface area (Å²) in [5.74, 6) is -0.534. The number of rotatable bonds is 9. The summed E-state index contributed by atoms with van der Waals surface area (Å²) in [4.78, 5) is 27.5. The summed E-state index contributed by atoms with van der Waals surface area (Å²) < 4.78 is 5.24. The quantitative estimate of drug-likeness (QED) is 0.428. The Bertz CT molecular complexity index is 602. The third-order valence-corrected chi connectivity index (χ3v) is 3.77. The van der Waals surface area contributed by atoms with E-state index >= 15 is 0 Å². The Labute approximate surface area is 152 Å². The first-order valence-electron chi connectivity index (χ1n) is 8.59. The number of aliphatic hydroxyl groups excluding tert-OH is 1. The Kier molecular flexibility index (Phi) is 7.97. The number of aliphatic carboxylic acids is 1. The van der Waals surface area contributed by atoms with Crippen molar-refractivity contribution < 1.29 is 24.3 Å². The maximum absolute atomic E-state index is 12.1. The van der Waals surface area contributed by atoms with Crippen molar-refractivity contribution in [2.75, 3.05) is 0 Å². The fourth-order valence-corrected chi connectivity index (χ4v) is 2.36. The minimum atomic E-state index is -1.43. The maximum atomic E-state index is 12.1. The van der Waals surface area contributed by atoms with E-state index in [1.807, 2.05) is 27.7 Å². The van der Waals surface area contributed by atoms with Crippen LogP contribution in [0.25, 0.3) is 0 Å². The van der Waals surface area contributed by atoms with E-state index in [9.17, 15) is 14.7 Å². The van der Waals surface area contributed by atoms with E-state index in [0.29, 0.717) is 18.2 Å². The van der Waals surface area contributed by atoms with Gasteiger partial charge in [0.15, 0.2) is 11.9 Å². The van der Waals surface area contributed by atoms with Gasteiger partial charge in [0.05, 0.1) is 12.1 Å². The van der Waals surface area contributed by atoms with Crippen LogP contribution in [0.2, 0.25) is 0 Å². The predicted molar refractivity (Wildman–Crippen MR) is 93.0 cm³/mol. The molecular formula is C16H29N5O5. The minimum absolute atomic E-state index is 0.106. The van der Waals surface area contributed by atoms with Gasteiger partial charge in [-0.25, -0.2) is 9.59 Å². The Balaban J connectivity index is 2.85. The zero-order valence-electron chi connectivity index (χ0n) is 15.8. The number of amides is 2. The molecule has 1 aromatic rings. The maximum Gasteiger partial charge on any atom is 0.328 e. The molecule has 6 N–H and O–H groups in total. The lowest BCUT2D eigenvalue weighted by Crippen LogP contribution is -2.52. The van der Waals surface area contributed by atoms with Crippen LogP contribution in [0.3, 0.4) is 0 Å². The van der Waals surface area contributed by atoms with Gasteiger partial charge in [0.1, 0.15) is 6.04 Å². The molecule has 10 nitrogen and oxygen atoms in total. The number of hydrogen-bond acceptors (Lipinski definition) is 7. The molecule has 4 atom stereocenters. The molecule has 0 aliphatic carbocycles. The predicted octanol–water partition coefficient (Wildman–Crippen LogP) is 0.946. The second kappa shape index (κ2) is 9.48. The lowest BCUT2D eigenvalue weighted by atomic mass is 10.0. The third kappa shape index (κ3) is 6.26. The number of nitrogens with zero attached hydrogens (tertiary/aromatic N) is 2. The number of hydrogen-bond donors (Lipinski definition) is 5. The summed E-state index contributed by atoms with van der Waals surface area (Å²) in [6, 6.07) is -3.20. The van der Waals surface area contributed by atoms with Crippen molar-refractivity contribution in [3.05, 3.63) is 11.7 Å².